The lowest BCUT2D eigenvalue weighted by atomic mass is 10.0. The number of hydrogen-bond acceptors (Lipinski definition) is 13. The number of pyridine rings is 2. The third-order valence-corrected chi connectivity index (χ3v) is 11.1. The summed E-state index contributed by atoms with van der Waals surface area (Å²) in [6.45, 7) is -1.36. The smallest absolute Gasteiger partial charge is 0.416 e. The number of aliphatic hydroxyl groups is 2. The Bertz CT molecular complexity index is 2850. The van der Waals surface area contributed by atoms with E-state index in [-0.39, 0.29) is 30.3 Å². The highest BCUT2D eigenvalue weighted by molar-refractivity contribution is 6.09. The van der Waals surface area contributed by atoms with Crippen LogP contribution in [0.25, 0.3) is 38.5 Å². The van der Waals surface area contributed by atoms with Gasteiger partial charge in [0.2, 0.25) is 0 Å². The molecule has 1 aliphatic rings. The summed E-state index contributed by atoms with van der Waals surface area (Å²) in [5.74, 6) is 1.04. The van der Waals surface area contributed by atoms with Gasteiger partial charge in [0, 0.05) is 126 Å². The standard InChI is InChI=1S/C48H48F6N8O6/c1-56-22-33(21-55)31-11-29-13-36(6-7-43(29)57-23-31)62(28-46(64)48(52,53)54)38-17-41(67-4)20-42(18-38)68-10-9-60-26-34(25-59-60)32-12-30-14-35(5-8-44(30)58-24-32)61(27-45(63)47(49,50)51)37-15-39(65-2)19-40(16-37)66-3/h5-8,11-18,20-26,39,45-46,55-56,63-64H,9-10,19,27-28H2,1-4H3/b33-22+,55-21?. The molecular formula is C48H48F6N8O6. The number of nitrogens with zero attached hydrogens (tertiary/aromatic N) is 6. The number of rotatable bonds is 19. The Morgan fingerprint density at radius 2 is 1.46 bits per heavy atom. The first-order chi connectivity index (χ1) is 32.5. The van der Waals surface area contributed by atoms with E-state index in [2.05, 4.69) is 20.4 Å². The van der Waals surface area contributed by atoms with E-state index in [1.165, 1.54) is 43.3 Å². The first kappa shape index (κ1) is 48.8. The quantitative estimate of drug-likeness (QED) is 0.0453. The number of alkyl halides is 6. The van der Waals surface area contributed by atoms with Gasteiger partial charge < -0.3 is 49.7 Å². The van der Waals surface area contributed by atoms with Gasteiger partial charge in [-0.15, -0.1) is 0 Å². The van der Waals surface area contributed by atoms with Crippen molar-refractivity contribution in [3.8, 4) is 22.6 Å². The molecule has 0 radical (unpaired) electrons. The fourth-order valence-electron chi connectivity index (χ4n) is 7.51. The van der Waals surface area contributed by atoms with Crippen LogP contribution in [0.5, 0.6) is 11.5 Å². The van der Waals surface area contributed by atoms with Gasteiger partial charge in [0.15, 0.2) is 12.2 Å². The number of aromatic nitrogens is 4. The summed E-state index contributed by atoms with van der Waals surface area (Å²) in [6, 6.07) is 18.1. The van der Waals surface area contributed by atoms with Gasteiger partial charge in [0.1, 0.15) is 23.9 Å². The summed E-state index contributed by atoms with van der Waals surface area (Å²) in [6.07, 6.45) is -2.58. The van der Waals surface area contributed by atoms with Crippen molar-refractivity contribution in [2.75, 3.05) is 57.9 Å². The van der Waals surface area contributed by atoms with Gasteiger partial charge in [-0.25, -0.2) is 0 Å². The molecule has 0 spiro atoms. The number of aliphatic hydroxyl groups excluding tert-OH is 2. The fourth-order valence-corrected chi connectivity index (χ4v) is 7.51. The van der Waals surface area contributed by atoms with E-state index < -0.39 is 43.8 Å². The summed E-state index contributed by atoms with van der Waals surface area (Å²) >= 11 is 0. The summed E-state index contributed by atoms with van der Waals surface area (Å²) in [7, 11) is 6.04. The van der Waals surface area contributed by atoms with Crippen molar-refractivity contribution >= 4 is 50.7 Å². The highest BCUT2D eigenvalue weighted by Crippen LogP contribution is 2.37. The molecule has 6 aromatic rings. The molecule has 0 bridgehead atoms. The van der Waals surface area contributed by atoms with E-state index in [0.29, 0.717) is 73.3 Å². The minimum absolute atomic E-state index is 0.0662. The average Bonchev–Trinajstić information content (AvgIpc) is 3.81. The van der Waals surface area contributed by atoms with Crippen molar-refractivity contribution in [3.63, 3.8) is 0 Å². The Morgan fingerprint density at radius 3 is 2.09 bits per heavy atom. The fraction of sp³-hybridized carbons (Fsp3) is 0.292. The molecule has 0 aliphatic heterocycles. The predicted molar refractivity (Wildman–Crippen MR) is 246 cm³/mol. The Balaban J connectivity index is 1.12. The molecule has 4 N–H and O–H groups in total. The number of fused-ring (bicyclic) bond motifs is 2. The maximum Gasteiger partial charge on any atom is 0.416 e. The molecule has 0 fully saturated rings. The van der Waals surface area contributed by atoms with Gasteiger partial charge in [-0.2, -0.15) is 31.4 Å². The zero-order valence-corrected chi connectivity index (χ0v) is 37.2. The maximum atomic E-state index is 13.9. The second kappa shape index (κ2) is 20.8. The van der Waals surface area contributed by atoms with E-state index in [9.17, 15) is 36.6 Å². The zero-order valence-electron chi connectivity index (χ0n) is 37.2. The molecule has 0 amide bonds. The molecule has 358 valence electrons. The molecule has 0 saturated carbocycles. The van der Waals surface area contributed by atoms with Gasteiger partial charge in [0.05, 0.1) is 57.2 Å². The Kier molecular flexibility index (Phi) is 14.9. The summed E-state index contributed by atoms with van der Waals surface area (Å²) in [5, 5.41) is 36.8. The van der Waals surface area contributed by atoms with Gasteiger partial charge in [-0.3, -0.25) is 14.6 Å². The van der Waals surface area contributed by atoms with E-state index in [1.807, 2.05) is 6.07 Å². The van der Waals surface area contributed by atoms with E-state index >= 15 is 0 Å². The first-order valence-electron chi connectivity index (χ1n) is 21.1. The van der Waals surface area contributed by atoms with Crippen LogP contribution in [-0.4, -0.2) is 115 Å². The second-order valence-corrected chi connectivity index (χ2v) is 15.7. The minimum atomic E-state index is -4.92. The van der Waals surface area contributed by atoms with Crippen LogP contribution in [0.3, 0.4) is 0 Å². The van der Waals surface area contributed by atoms with Crippen LogP contribution in [0.2, 0.25) is 0 Å². The summed E-state index contributed by atoms with van der Waals surface area (Å²) < 4.78 is 107. The molecule has 3 aromatic carbocycles. The molecule has 1 aliphatic carbocycles. The third-order valence-electron chi connectivity index (χ3n) is 11.1. The van der Waals surface area contributed by atoms with Gasteiger partial charge >= 0.3 is 12.4 Å². The molecule has 7 rings (SSSR count). The SMILES string of the molecule is CN/C=C(\C=N)c1cnc2ccc(N(CC(O)C(F)(F)F)c3cc(OC)cc(OCCn4cc(-c5cnc6ccc(N(CC(O)C(F)(F)F)C7=CC(OC)CC(OC)=C7)cc6c5)cn4)c3)cc2c1. The number of hydrogen-bond donors (Lipinski definition) is 4. The molecule has 14 nitrogen and oxygen atoms in total. The predicted octanol–water partition coefficient (Wildman–Crippen LogP) is 8.57. The number of methoxy groups -OCH3 is 3. The van der Waals surface area contributed by atoms with Crippen molar-refractivity contribution in [3.05, 3.63) is 127 Å². The van der Waals surface area contributed by atoms with Crippen LogP contribution in [0.15, 0.2) is 121 Å². The van der Waals surface area contributed by atoms with Gasteiger partial charge in [-0.1, -0.05) is 0 Å². The van der Waals surface area contributed by atoms with E-state index in [0.717, 1.165) is 6.21 Å². The minimum Gasteiger partial charge on any atom is -0.501 e. The van der Waals surface area contributed by atoms with Crippen molar-refractivity contribution in [2.45, 2.75) is 43.6 Å². The van der Waals surface area contributed by atoms with E-state index in [4.69, 9.17) is 24.4 Å². The molecule has 3 heterocycles. The normalized spacial score (nSPS) is 15.4. The molecule has 3 atom stereocenters. The molecule has 68 heavy (non-hydrogen) atoms. The lowest BCUT2D eigenvalue weighted by Gasteiger charge is -2.32. The average molecular weight is 947 g/mol. The van der Waals surface area contributed by atoms with Crippen LogP contribution in [-0.2, 0) is 16.0 Å². The lowest BCUT2D eigenvalue weighted by Crippen LogP contribution is -2.41. The highest BCUT2D eigenvalue weighted by Gasteiger charge is 2.41. The number of ether oxygens (including phenoxy) is 4. The number of allylic oxidation sites excluding steroid dienone is 2. The second-order valence-electron chi connectivity index (χ2n) is 15.7. The van der Waals surface area contributed by atoms with Crippen LogP contribution >= 0.6 is 0 Å². The van der Waals surface area contributed by atoms with Crippen LogP contribution in [0.4, 0.5) is 43.4 Å². The largest absolute Gasteiger partial charge is 0.501 e. The van der Waals surface area contributed by atoms with Gasteiger partial charge in [0.25, 0.3) is 0 Å². The summed E-state index contributed by atoms with van der Waals surface area (Å²) in [4.78, 5) is 11.7. The van der Waals surface area contributed by atoms with Crippen molar-refractivity contribution < 1.29 is 55.5 Å². The Morgan fingerprint density at radius 1 is 0.809 bits per heavy atom. The maximum absolute atomic E-state index is 13.9. The van der Waals surface area contributed by atoms with Crippen LogP contribution in [0.1, 0.15) is 12.0 Å². The van der Waals surface area contributed by atoms with Crippen molar-refractivity contribution in [1.82, 2.24) is 25.1 Å². The number of benzene rings is 3. The summed E-state index contributed by atoms with van der Waals surface area (Å²) in [5.41, 5.74) is 4.87. The molecule has 20 heteroatoms. The monoisotopic (exact) mass is 946 g/mol. The first-order valence-corrected chi connectivity index (χ1v) is 21.1. The van der Waals surface area contributed by atoms with Crippen molar-refractivity contribution in [2.24, 2.45) is 0 Å². The van der Waals surface area contributed by atoms with Crippen LogP contribution < -0.4 is 24.6 Å². The number of nitrogens with one attached hydrogen (secondary N) is 2. The number of halogens is 6. The Labute approximate surface area is 386 Å². The van der Waals surface area contributed by atoms with E-state index in [1.54, 1.807) is 103 Å². The highest BCUT2D eigenvalue weighted by atomic mass is 19.4. The lowest BCUT2D eigenvalue weighted by molar-refractivity contribution is -0.200. The van der Waals surface area contributed by atoms with Gasteiger partial charge in [-0.05, 0) is 60.7 Å². The number of anilines is 3. The molecule has 0 saturated heterocycles. The Hall–Kier alpha value is -7.16. The molecule has 3 aromatic heterocycles. The van der Waals surface area contributed by atoms with Crippen LogP contribution in [0, 0.1) is 5.41 Å². The third kappa shape index (κ3) is 11.5. The zero-order chi connectivity index (χ0) is 48.8. The molecule has 3 unspecified atom stereocenters. The van der Waals surface area contributed by atoms with Crippen molar-refractivity contribution in [1.29, 1.82) is 5.41 Å². The molecular weight excluding hydrogens is 899 g/mol. The topological polar surface area (TPSA) is 163 Å².